The van der Waals surface area contributed by atoms with Gasteiger partial charge in [-0.3, -0.25) is 4.79 Å². The lowest BCUT2D eigenvalue weighted by Gasteiger charge is -2.13. The van der Waals surface area contributed by atoms with Crippen LogP contribution in [0.3, 0.4) is 0 Å². The molecule has 0 bridgehead atoms. The highest BCUT2D eigenvalue weighted by atomic mass is 35.5. The number of aromatic nitrogens is 2. The molecule has 4 rings (SSSR count). The van der Waals surface area contributed by atoms with E-state index < -0.39 is 9.84 Å². The number of rotatable bonds is 5. The molecule has 0 spiro atoms. The van der Waals surface area contributed by atoms with E-state index in [1.54, 1.807) is 42.6 Å². The van der Waals surface area contributed by atoms with Crippen molar-refractivity contribution in [1.29, 1.82) is 0 Å². The summed E-state index contributed by atoms with van der Waals surface area (Å²) in [7, 11) is -3.31. The number of hydrogen-bond donors (Lipinski definition) is 0. The highest BCUT2D eigenvalue weighted by Gasteiger charge is 2.16. The summed E-state index contributed by atoms with van der Waals surface area (Å²) in [6.07, 6.45) is 2.80. The molecule has 0 saturated heterocycles. The molecular weight excluding hydrogens is 432 g/mol. The summed E-state index contributed by atoms with van der Waals surface area (Å²) in [5, 5.41) is 4.96. The van der Waals surface area contributed by atoms with Crippen LogP contribution in [0, 0.1) is 0 Å². The second-order valence-corrected chi connectivity index (χ2v) is 9.64. The van der Waals surface area contributed by atoms with Crippen LogP contribution >= 0.6 is 11.6 Å². The summed E-state index contributed by atoms with van der Waals surface area (Å²) in [6.45, 7) is 0.341. The molecule has 156 valence electrons. The molecule has 5 nitrogen and oxygen atoms in total. The minimum atomic E-state index is -3.31. The smallest absolute Gasteiger partial charge is 0.267 e. The SMILES string of the molecule is CS(=O)(=O)c1ccc(-c2cnn(Cc3ccccc3)c(=O)c2-c2ccc(Cl)cc2)cc1. The van der Waals surface area contributed by atoms with Crippen LogP contribution in [0.4, 0.5) is 0 Å². The van der Waals surface area contributed by atoms with E-state index in [4.69, 9.17) is 11.6 Å². The lowest BCUT2D eigenvalue weighted by molar-refractivity contribution is 0.602. The van der Waals surface area contributed by atoms with E-state index in [0.717, 1.165) is 11.8 Å². The highest BCUT2D eigenvalue weighted by molar-refractivity contribution is 7.90. The molecule has 0 unspecified atom stereocenters. The number of nitrogens with zero attached hydrogens (tertiary/aromatic N) is 2. The Morgan fingerprint density at radius 3 is 2.10 bits per heavy atom. The lowest BCUT2D eigenvalue weighted by atomic mass is 9.97. The lowest BCUT2D eigenvalue weighted by Crippen LogP contribution is -2.25. The third-order valence-electron chi connectivity index (χ3n) is 4.95. The first-order valence-corrected chi connectivity index (χ1v) is 11.8. The molecular formula is C24H19ClN2O3S. The van der Waals surface area contributed by atoms with Crippen LogP contribution in [-0.2, 0) is 16.4 Å². The Morgan fingerprint density at radius 2 is 1.48 bits per heavy atom. The first kappa shape index (κ1) is 21.0. The molecule has 3 aromatic carbocycles. The van der Waals surface area contributed by atoms with Gasteiger partial charge in [-0.15, -0.1) is 0 Å². The number of sulfone groups is 1. The Bertz CT molecular complexity index is 1380. The minimum Gasteiger partial charge on any atom is -0.267 e. The fourth-order valence-electron chi connectivity index (χ4n) is 3.35. The van der Waals surface area contributed by atoms with Gasteiger partial charge in [-0.1, -0.05) is 66.2 Å². The maximum absolute atomic E-state index is 13.5. The summed E-state index contributed by atoms with van der Waals surface area (Å²) < 4.78 is 25.0. The molecule has 7 heteroatoms. The first-order chi connectivity index (χ1) is 14.8. The zero-order valence-electron chi connectivity index (χ0n) is 16.7. The molecule has 31 heavy (non-hydrogen) atoms. The quantitative estimate of drug-likeness (QED) is 0.442. The Kier molecular flexibility index (Phi) is 5.76. The van der Waals surface area contributed by atoms with Crippen LogP contribution in [0.25, 0.3) is 22.3 Å². The van der Waals surface area contributed by atoms with E-state index in [0.29, 0.717) is 33.8 Å². The largest absolute Gasteiger partial charge is 0.275 e. The van der Waals surface area contributed by atoms with Crippen molar-refractivity contribution in [2.24, 2.45) is 0 Å². The van der Waals surface area contributed by atoms with E-state index >= 15 is 0 Å². The molecule has 0 radical (unpaired) electrons. The van der Waals surface area contributed by atoms with Crippen molar-refractivity contribution in [3.63, 3.8) is 0 Å². The Morgan fingerprint density at radius 1 is 0.871 bits per heavy atom. The minimum absolute atomic E-state index is 0.217. The van der Waals surface area contributed by atoms with E-state index in [9.17, 15) is 13.2 Å². The van der Waals surface area contributed by atoms with Gasteiger partial charge >= 0.3 is 0 Å². The maximum Gasteiger partial charge on any atom is 0.275 e. The molecule has 0 aliphatic rings. The van der Waals surface area contributed by atoms with Crippen molar-refractivity contribution in [1.82, 2.24) is 9.78 Å². The van der Waals surface area contributed by atoms with Gasteiger partial charge in [0.2, 0.25) is 0 Å². The summed E-state index contributed by atoms with van der Waals surface area (Å²) >= 11 is 6.04. The van der Waals surface area contributed by atoms with Gasteiger partial charge < -0.3 is 0 Å². The Balaban J connectivity index is 1.87. The van der Waals surface area contributed by atoms with Crippen molar-refractivity contribution >= 4 is 21.4 Å². The summed E-state index contributed by atoms with van der Waals surface area (Å²) in [4.78, 5) is 13.7. The molecule has 1 heterocycles. The molecule has 0 atom stereocenters. The van der Waals surface area contributed by atoms with Crippen LogP contribution in [0.1, 0.15) is 5.56 Å². The van der Waals surface area contributed by atoms with Gasteiger partial charge in [0.1, 0.15) is 0 Å². The zero-order valence-corrected chi connectivity index (χ0v) is 18.3. The van der Waals surface area contributed by atoms with Gasteiger partial charge in [-0.2, -0.15) is 5.10 Å². The highest BCUT2D eigenvalue weighted by Crippen LogP contribution is 2.30. The molecule has 4 aromatic rings. The number of benzene rings is 3. The van der Waals surface area contributed by atoms with Crippen molar-refractivity contribution in [2.45, 2.75) is 11.4 Å². The standard InChI is InChI=1S/C24H19ClN2O3S/c1-31(29,30)21-13-9-18(10-14-21)22-15-26-27(16-17-5-3-2-4-6-17)24(28)23(22)19-7-11-20(25)12-8-19/h2-15H,16H2,1H3. The van der Waals surface area contributed by atoms with Crippen molar-refractivity contribution in [3.8, 4) is 22.3 Å². The Labute approximate surface area is 185 Å². The van der Waals surface area contributed by atoms with E-state index in [2.05, 4.69) is 5.10 Å². The molecule has 0 fully saturated rings. The summed E-state index contributed by atoms with van der Waals surface area (Å²) in [5.74, 6) is 0. The summed E-state index contributed by atoms with van der Waals surface area (Å²) in [6, 6.07) is 23.1. The molecule has 0 N–H and O–H groups in total. The second-order valence-electron chi connectivity index (χ2n) is 7.19. The summed E-state index contributed by atoms with van der Waals surface area (Å²) in [5.41, 5.74) is 3.24. The monoisotopic (exact) mass is 450 g/mol. The van der Waals surface area contributed by atoms with E-state index in [1.165, 1.54) is 16.8 Å². The maximum atomic E-state index is 13.5. The van der Waals surface area contributed by atoms with Crippen molar-refractivity contribution < 1.29 is 8.42 Å². The van der Waals surface area contributed by atoms with E-state index in [1.807, 2.05) is 30.3 Å². The predicted molar refractivity (Wildman–Crippen MR) is 123 cm³/mol. The Hall–Kier alpha value is -3.22. The molecule has 0 saturated carbocycles. The van der Waals surface area contributed by atoms with Gasteiger partial charge in [0.05, 0.1) is 23.2 Å². The topological polar surface area (TPSA) is 69.0 Å². The van der Waals surface area contributed by atoms with Crippen LogP contribution in [0.15, 0.2) is 94.7 Å². The van der Waals surface area contributed by atoms with Gasteiger partial charge in [0, 0.05) is 16.8 Å². The average molecular weight is 451 g/mol. The average Bonchev–Trinajstić information content (AvgIpc) is 2.76. The molecule has 1 aromatic heterocycles. The third kappa shape index (κ3) is 4.60. The van der Waals surface area contributed by atoms with Crippen LogP contribution < -0.4 is 5.56 Å². The van der Waals surface area contributed by atoms with Gasteiger partial charge in [0.15, 0.2) is 9.84 Å². The zero-order chi connectivity index (χ0) is 22.0. The van der Waals surface area contributed by atoms with Gasteiger partial charge in [-0.25, -0.2) is 13.1 Å². The van der Waals surface area contributed by atoms with Gasteiger partial charge in [0.25, 0.3) is 5.56 Å². The van der Waals surface area contributed by atoms with Crippen molar-refractivity contribution in [2.75, 3.05) is 6.26 Å². The number of halogens is 1. The molecule has 0 aliphatic heterocycles. The first-order valence-electron chi connectivity index (χ1n) is 9.53. The van der Waals surface area contributed by atoms with Crippen LogP contribution in [-0.4, -0.2) is 24.5 Å². The molecule has 0 aliphatic carbocycles. The second kappa shape index (κ2) is 8.49. The number of hydrogen-bond acceptors (Lipinski definition) is 4. The van der Waals surface area contributed by atoms with Crippen molar-refractivity contribution in [3.05, 3.63) is 106 Å². The van der Waals surface area contributed by atoms with Crippen LogP contribution in [0.5, 0.6) is 0 Å². The third-order valence-corrected chi connectivity index (χ3v) is 6.33. The normalized spacial score (nSPS) is 11.4. The predicted octanol–water partition coefficient (Wildman–Crippen LogP) is 4.68. The van der Waals surface area contributed by atoms with Crippen LogP contribution in [0.2, 0.25) is 5.02 Å². The molecule has 0 amide bonds. The fourth-order valence-corrected chi connectivity index (χ4v) is 4.11. The fraction of sp³-hybridized carbons (Fsp3) is 0.0833. The van der Waals surface area contributed by atoms with Gasteiger partial charge in [-0.05, 0) is 41.0 Å². The van der Waals surface area contributed by atoms with E-state index in [-0.39, 0.29) is 10.5 Å².